The summed E-state index contributed by atoms with van der Waals surface area (Å²) in [4.78, 5) is 0. The molecule has 1 aliphatic rings. The highest BCUT2D eigenvalue weighted by atomic mass is 16.7. The lowest BCUT2D eigenvalue weighted by molar-refractivity contribution is -0.141. The second kappa shape index (κ2) is 8.76. The standard InChI is InChI=1S/C18H28O5/c1-18(2)22-13-17(23-18)11-16(20)10-15(19)8-9-21-12-14-6-4-3-5-7-14/h3-7,15-17,19-20H,8-13H2,1-2H3/t15-,16-,17-/m0/s1. The minimum atomic E-state index is -0.596. The smallest absolute Gasteiger partial charge is 0.163 e. The van der Waals surface area contributed by atoms with Crippen molar-refractivity contribution in [1.82, 2.24) is 0 Å². The second-order valence-corrected chi connectivity index (χ2v) is 6.56. The summed E-state index contributed by atoms with van der Waals surface area (Å²) in [6, 6.07) is 9.92. The molecule has 1 aliphatic heterocycles. The maximum atomic E-state index is 10.0. The van der Waals surface area contributed by atoms with Crippen LogP contribution in [0.5, 0.6) is 0 Å². The molecule has 130 valence electrons. The third-order valence-electron chi connectivity index (χ3n) is 3.85. The normalized spacial score (nSPS) is 22.9. The lowest BCUT2D eigenvalue weighted by Gasteiger charge is -2.20. The van der Waals surface area contributed by atoms with Crippen molar-refractivity contribution in [3.63, 3.8) is 0 Å². The Bertz CT molecular complexity index is 448. The molecule has 2 N–H and O–H groups in total. The molecule has 0 unspecified atom stereocenters. The predicted molar refractivity (Wildman–Crippen MR) is 86.9 cm³/mol. The predicted octanol–water partition coefficient (Wildman–Crippen LogP) is 2.25. The van der Waals surface area contributed by atoms with Crippen molar-refractivity contribution in [2.45, 2.75) is 63.8 Å². The van der Waals surface area contributed by atoms with Gasteiger partial charge in [0.2, 0.25) is 0 Å². The fraction of sp³-hybridized carbons (Fsp3) is 0.667. The summed E-state index contributed by atoms with van der Waals surface area (Å²) in [5.41, 5.74) is 1.11. The van der Waals surface area contributed by atoms with Gasteiger partial charge < -0.3 is 24.4 Å². The topological polar surface area (TPSA) is 68.2 Å². The van der Waals surface area contributed by atoms with Crippen LogP contribution in [0.25, 0.3) is 0 Å². The minimum absolute atomic E-state index is 0.110. The highest BCUT2D eigenvalue weighted by Gasteiger charge is 2.33. The Kier molecular flexibility index (Phi) is 6.99. The van der Waals surface area contributed by atoms with Crippen molar-refractivity contribution in [2.75, 3.05) is 13.2 Å². The average molecular weight is 324 g/mol. The first-order chi connectivity index (χ1) is 10.9. The maximum absolute atomic E-state index is 10.0. The molecule has 5 nitrogen and oxygen atoms in total. The van der Waals surface area contributed by atoms with Crippen LogP contribution in [0.2, 0.25) is 0 Å². The molecule has 1 aromatic carbocycles. The van der Waals surface area contributed by atoms with Crippen LogP contribution in [0.3, 0.4) is 0 Å². The Morgan fingerprint density at radius 1 is 1.22 bits per heavy atom. The summed E-state index contributed by atoms with van der Waals surface area (Å²) in [5, 5.41) is 20.0. The van der Waals surface area contributed by atoms with Crippen molar-refractivity contribution in [2.24, 2.45) is 0 Å². The van der Waals surface area contributed by atoms with E-state index < -0.39 is 18.0 Å². The van der Waals surface area contributed by atoms with Gasteiger partial charge >= 0.3 is 0 Å². The molecule has 0 bridgehead atoms. The van der Waals surface area contributed by atoms with Crippen LogP contribution in [0.1, 0.15) is 38.7 Å². The van der Waals surface area contributed by atoms with Gasteiger partial charge in [0.25, 0.3) is 0 Å². The van der Waals surface area contributed by atoms with E-state index in [0.29, 0.717) is 39.1 Å². The third-order valence-corrected chi connectivity index (χ3v) is 3.85. The second-order valence-electron chi connectivity index (χ2n) is 6.56. The van der Waals surface area contributed by atoms with Gasteiger partial charge in [0.05, 0.1) is 31.5 Å². The van der Waals surface area contributed by atoms with Gasteiger partial charge in [-0.1, -0.05) is 30.3 Å². The van der Waals surface area contributed by atoms with Crippen molar-refractivity contribution in [3.8, 4) is 0 Å². The average Bonchev–Trinajstić information content (AvgIpc) is 2.83. The van der Waals surface area contributed by atoms with Crippen LogP contribution >= 0.6 is 0 Å². The van der Waals surface area contributed by atoms with E-state index in [1.54, 1.807) is 0 Å². The van der Waals surface area contributed by atoms with Gasteiger partial charge in [0.15, 0.2) is 5.79 Å². The summed E-state index contributed by atoms with van der Waals surface area (Å²) in [6.07, 6.45) is 0.0388. The zero-order valence-electron chi connectivity index (χ0n) is 14.0. The summed E-state index contributed by atoms with van der Waals surface area (Å²) < 4.78 is 16.7. The van der Waals surface area contributed by atoms with Crippen LogP contribution < -0.4 is 0 Å². The van der Waals surface area contributed by atoms with E-state index >= 15 is 0 Å². The van der Waals surface area contributed by atoms with Gasteiger partial charge in [-0.25, -0.2) is 0 Å². The molecule has 0 aromatic heterocycles. The summed E-state index contributed by atoms with van der Waals surface area (Å²) >= 11 is 0. The van der Waals surface area contributed by atoms with Gasteiger partial charge in [-0.05, 0) is 32.3 Å². The van der Waals surface area contributed by atoms with Gasteiger partial charge in [-0.15, -0.1) is 0 Å². The van der Waals surface area contributed by atoms with Crippen LogP contribution in [0.4, 0.5) is 0 Å². The van der Waals surface area contributed by atoms with E-state index in [0.717, 1.165) is 5.56 Å². The Morgan fingerprint density at radius 3 is 2.61 bits per heavy atom. The SMILES string of the molecule is CC1(C)OC[C@H](C[C@@H](O)C[C@@H](O)CCOCc2ccccc2)O1. The summed E-state index contributed by atoms with van der Waals surface area (Å²) in [5.74, 6) is -0.575. The molecule has 0 spiro atoms. The largest absolute Gasteiger partial charge is 0.393 e. The Balaban J connectivity index is 1.56. The molecule has 0 saturated carbocycles. The number of hydrogen-bond donors (Lipinski definition) is 2. The number of ether oxygens (including phenoxy) is 3. The number of aliphatic hydroxyl groups is 2. The fourth-order valence-corrected chi connectivity index (χ4v) is 2.69. The third kappa shape index (κ3) is 6.97. The molecule has 1 heterocycles. The molecular weight excluding hydrogens is 296 g/mol. The molecule has 1 fully saturated rings. The van der Waals surface area contributed by atoms with Crippen molar-refractivity contribution < 1.29 is 24.4 Å². The molecule has 0 amide bonds. The van der Waals surface area contributed by atoms with Gasteiger partial charge in [0, 0.05) is 13.0 Å². The summed E-state index contributed by atoms with van der Waals surface area (Å²) in [6.45, 7) is 5.22. The van der Waals surface area contributed by atoms with Crippen LogP contribution in [0.15, 0.2) is 30.3 Å². The highest BCUT2D eigenvalue weighted by Crippen LogP contribution is 2.25. The molecule has 1 saturated heterocycles. The van der Waals surface area contributed by atoms with E-state index in [4.69, 9.17) is 14.2 Å². The molecule has 0 aliphatic carbocycles. The zero-order chi connectivity index (χ0) is 16.7. The van der Waals surface area contributed by atoms with Crippen molar-refractivity contribution in [3.05, 3.63) is 35.9 Å². The van der Waals surface area contributed by atoms with E-state index in [-0.39, 0.29) is 6.10 Å². The fourth-order valence-electron chi connectivity index (χ4n) is 2.69. The molecule has 3 atom stereocenters. The number of rotatable bonds is 9. The minimum Gasteiger partial charge on any atom is -0.393 e. The quantitative estimate of drug-likeness (QED) is 0.682. The Morgan fingerprint density at radius 2 is 1.96 bits per heavy atom. The molecule has 2 rings (SSSR count). The maximum Gasteiger partial charge on any atom is 0.163 e. The molecule has 1 aromatic rings. The van der Waals surface area contributed by atoms with E-state index in [2.05, 4.69) is 0 Å². The van der Waals surface area contributed by atoms with E-state index in [9.17, 15) is 10.2 Å². The molecule has 0 radical (unpaired) electrons. The van der Waals surface area contributed by atoms with Gasteiger partial charge in [-0.3, -0.25) is 0 Å². The van der Waals surface area contributed by atoms with Crippen LogP contribution in [-0.2, 0) is 20.8 Å². The molecular formula is C18H28O5. The van der Waals surface area contributed by atoms with Crippen molar-refractivity contribution in [1.29, 1.82) is 0 Å². The lowest BCUT2D eigenvalue weighted by atomic mass is 10.0. The van der Waals surface area contributed by atoms with E-state index in [1.165, 1.54) is 0 Å². The number of hydrogen-bond acceptors (Lipinski definition) is 5. The highest BCUT2D eigenvalue weighted by molar-refractivity contribution is 5.13. The molecule has 23 heavy (non-hydrogen) atoms. The Labute approximate surface area is 138 Å². The number of benzene rings is 1. The van der Waals surface area contributed by atoms with Crippen LogP contribution in [0, 0.1) is 0 Å². The van der Waals surface area contributed by atoms with Gasteiger partial charge in [-0.2, -0.15) is 0 Å². The number of aliphatic hydroxyl groups excluding tert-OH is 2. The summed E-state index contributed by atoms with van der Waals surface area (Å²) in [7, 11) is 0. The first-order valence-electron chi connectivity index (χ1n) is 8.24. The first kappa shape index (κ1) is 18.4. The lowest BCUT2D eigenvalue weighted by Crippen LogP contribution is -2.26. The Hall–Kier alpha value is -0.980. The van der Waals surface area contributed by atoms with Crippen molar-refractivity contribution >= 4 is 0 Å². The molecule has 5 heteroatoms. The van der Waals surface area contributed by atoms with Gasteiger partial charge in [0.1, 0.15) is 0 Å². The van der Waals surface area contributed by atoms with E-state index in [1.807, 2.05) is 44.2 Å². The monoisotopic (exact) mass is 324 g/mol. The van der Waals surface area contributed by atoms with Crippen LogP contribution in [-0.4, -0.2) is 47.5 Å². The zero-order valence-corrected chi connectivity index (χ0v) is 14.0. The first-order valence-corrected chi connectivity index (χ1v) is 8.24.